The predicted molar refractivity (Wildman–Crippen MR) is 139 cm³/mol. The number of nitrogens with two attached hydrogens (primary N) is 1. The normalized spacial score (nSPS) is 17.3. The van der Waals surface area contributed by atoms with Crippen molar-refractivity contribution in [1.82, 2.24) is 20.1 Å². The lowest BCUT2D eigenvalue weighted by Gasteiger charge is -2.43. The van der Waals surface area contributed by atoms with E-state index in [-0.39, 0.29) is 43.4 Å². The number of likely N-dealkylation sites (tertiary alicyclic amines) is 1. The molecule has 1 aromatic carbocycles. The molecule has 1 spiro atoms. The molecule has 0 aliphatic carbocycles. The number of anilines is 2. The van der Waals surface area contributed by atoms with E-state index in [1.165, 1.54) is 11.1 Å². The summed E-state index contributed by atoms with van der Waals surface area (Å²) < 4.78 is 0. The highest BCUT2D eigenvalue weighted by atomic mass is 16.3. The van der Waals surface area contributed by atoms with Crippen molar-refractivity contribution in [2.45, 2.75) is 37.8 Å². The van der Waals surface area contributed by atoms with Crippen LogP contribution < -0.4 is 16.0 Å². The summed E-state index contributed by atoms with van der Waals surface area (Å²) in [6, 6.07) is 11.1. The first-order chi connectivity index (χ1) is 17.6. The summed E-state index contributed by atoms with van der Waals surface area (Å²) >= 11 is 0. The third-order valence-electron chi connectivity index (χ3n) is 7.02. The molecule has 2 saturated heterocycles. The Morgan fingerprint density at radius 1 is 1.24 bits per heavy atom. The van der Waals surface area contributed by atoms with Gasteiger partial charge in [0.25, 0.3) is 11.8 Å². The standard InChI is InChI=1S/C26H33N7O4/c1-25(2,16-34)30-21(35)15-32-17-33(20-6-4-3-5-7-20)26(24(32)37)8-10-31(11-9-26)23(36)19-12-18(13-27)22(28)29-14-19/h3-7,12-14,27,34H,8-11,15-17H2,1-2H3,(H2,28,29)(H,30,35). The Bertz CT molecular complexity index is 1190. The molecule has 11 nitrogen and oxygen atoms in total. The third-order valence-corrected chi connectivity index (χ3v) is 7.02. The van der Waals surface area contributed by atoms with Crippen molar-refractivity contribution in [3.8, 4) is 0 Å². The molecule has 3 amide bonds. The molecule has 0 saturated carbocycles. The van der Waals surface area contributed by atoms with Gasteiger partial charge in [0.15, 0.2) is 0 Å². The van der Waals surface area contributed by atoms with Crippen LogP contribution in [0.2, 0.25) is 0 Å². The van der Waals surface area contributed by atoms with E-state index in [0.29, 0.717) is 37.1 Å². The van der Waals surface area contributed by atoms with Crippen LogP contribution in [0.25, 0.3) is 0 Å². The van der Waals surface area contributed by atoms with E-state index in [0.717, 1.165) is 11.9 Å². The van der Waals surface area contributed by atoms with Crippen molar-refractivity contribution in [3.05, 3.63) is 53.7 Å². The molecular formula is C26H33N7O4. The molecule has 0 bridgehead atoms. The van der Waals surface area contributed by atoms with Crippen LogP contribution in [0.4, 0.5) is 11.5 Å². The molecule has 1 aromatic heterocycles. The topological polar surface area (TPSA) is 156 Å². The number of hydrogen-bond acceptors (Lipinski definition) is 8. The molecule has 2 aliphatic rings. The number of amides is 3. The number of rotatable bonds is 7. The molecule has 2 aromatic rings. The summed E-state index contributed by atoms with van der Waals surface area (Å²) in [4.78, 5) is 48.9. The third kappa shape index (κ3) is 5.12. The van der Waals surface area contributed by atoms with Crippen molar-refractivity contribution in [1.29, 1.82) is 5.41 Å². The molecule has 2 aliphatic heterocycles. The molecule has 196 valence electrons. The second kappa shape index (κ2) is 10.2. The van der Waals surface area contributed by atoms with Crippen LogP contribution in [0, 0.1) is 5.41 Å². The largest absolute Gasteiger partial charge is 0.394 e. The van der Waals surface area contributed by atoms with Gasteiger partial charge in [0.2, 0.25) is 5.91 Å². The molecule has 3 heterocycles. The van der Waals surface area contributed by atoms with Crippen LogP contribution in [0.1, 0.15) is 42.6 Å². The highest BCUT2D eigenvalue weighted by Crippen LogP contribution is 2.39. The lowest BCUT2D eigenvalue weighted by molar-refractivity contribution is -0.137. The fraction of sp³-hybridized carbons (Fsp3) is 0.423. The van der Waals surface area contributed by atoms with E-state index >= 15 is 0 Å². The van der Waals surface area contributed by atoms with Crippen LogP contribution in [0.15, 0.2) is 42.6 Å². The minimum atomic E-state index is -0.885. The number of benzene rings is 1. The molecule has 37 heavy (non-hydrogen) atoms. The van der Waals surface area contributed by atoms with E-state index < -0.39 is 11.1 Å². The van der Waals surface area contributed by atoms with Crippen molar-refractivity contribution in [2.75, 3.05) is 43.5 Å². The molecule has 0 radical (unpaired) electrons. The number of aromatic nitrogens is 1. The monoisotopic (exact) mass is 507 g/mol. The van der Waals surface area contributed by atoms with Crippen molar-refractivity contribution < 1.29 is 19.5 Å². The van der Waals surface area contributed by atoms with Crippen LogP contribution >= 0.6 is 0 Å². The maximum Gasteiger partial charge on any atom is 0.255 e. The summed E-state index contributed by atoms with van der Waals surface area (Å²) in [5.74, 6) is -0.543. The van der Waals surface area contributed by atoms with Gasteiger partial charge < -0.3 is 36.3 Å². The number of hydrogen-bond donors (Lipinski definition) is 4. The van der Waals surface area contributed by atoms with Gasteiger partial charge in [-0.3, -0.25) is 14.4 Å². The minimum absolute atomic E-state index is 0.125. The Hall–Kier alpha value is -3.99. The fourth-order valence-corrected chi connectivity index (χ4v) is 4.94. The average molecular weight is 508 g/mol. The maximum absolute atomic E-state index is 13.8. The van der Waals surface area contributed by atoms with Crippen molar-refractivity contribution in [3.63, 3.8) is 0 Å². The zero-order valence-electron chi connectivity index (χ0n) is 21.1. The number of nitrogen functional groups attached to an aromatic ring is 1. The molecule has 0 unspecified atom stereocenters. The summed E-state index contributed by atoms with van der Waals surface area (Å²) in [6.07, 6.45) is 3.25. The van der Waals surface area contributed by atoms with Gasteiger partial charge in [-0.15, -0.1) is 0 Å². The number of aliphatic hydroxyl groups is 1. The Labute approximate surface area is 215 Å². The van der Waals surface area contributed by atoms with Gasteiger partial charge in [-0.05, 0) is 44.9 Å². The second-order valence-electron chi connectivity index (χ2n) is 10.2. The Balaban J connectivity index is 1.54. The van der Waals surface area contributed by atoms with Crippen molar-refractivity contribution >= 4 is 35.4 Å². The highest BCUT2D eigenvalue weighted by molar-refractivity contribution is 5.98. The molecule has 5 N–H and O–H groups in total. The summed E-state index contributed by atoms with van der Waals surface area (Å²) in [5.41, 5.74) is 5.66. The Kier molecular flexibility index (Phi) is 7.17. The zero-order valence-corrected chi connectivity index (χ0v) is 21.1. The summed E-state index contributed by atoms with van der Waals surface area (Å²) in [6.45, 7) is 4.01. The predicted octanol–water partition coefficient (Wildman–Crippen LogP) is 0.830. The average Bonchev–Trinajstić information content (AvgIpc) is 3.15. The van der Waals surface area contributed by atoms with Crippen LogP contribution in [-0.4, -0.2) is 87.8 Å². The molecule has 4 rings (SSSR count). The first-order valence-electron chi connectivity index (χ1n) is 12.2. The Morgan fingerprint density at radius 3 is 2.54 bits per heavy atom. The van der Waals surface area contributed by atoms with Gasteiger partial charge in [0.05, 0.1) is 24.4 Å². The first-order valence-corrected chi connectivity index (χ1v) is 12.2. The number of piperidine rings is 1. The van der Waals surface area contributed by atoms with E-state index in [2.05, 4.69) is 10.3 Å². The number of carbonyl (C=O) groups excluding carboxylic acids is 3. The Morgan fingerprint density at radius 2 is 1.92 bits per heavy atom. The van der Waals surface area contributed by atoms with Crippen LogP contribution in [0.3, 0.4) is 0 Å². The molecule has 2 fully saturated rings. The SMILES string of the molecule is CC(C)(CO)NC(=O)CN1CN(c2ccccc2)C2(CCN(C(=O)c3cnc(N)c(C=N)c3)CC2)C1=O. The molecule has 11 heteroatoms. The zero-order chi connectivity index (χ0) is 26.8. The smallest absolute Gasteiger partial charge is 0.255 e. The summed E-state index contributed by atoms with van der Waals surface area (Å²) in [7, 11) is 0. The fourth-order valence-electron chi connectivity index (χ4n) is 4.94. The number of carbonyl (C=O) groups is 3. The first kappa shape index (κ1) is 26.1. The minimum Gasteiger partial charge on any atom is -0.394 e. The number of pyridine rings is 1. The quantitative estimate of drug-likeness (QED) is 0.405. The van der Waals surface area contributed by atoms with E-state index in [1.54, 1.807) is 24.8 Å². The number of aliphatic hydroxyl groups excluding tert-OH is 1. The number of para-hydroxylation sites is 1. The van der Waals surface area contributed by atoms with Gasteiger partial charge in [-0.2, -0.15) is 0 Å². The highest BCUT2D eigenvalue weighted by Gasteiger charge is 2.54. The lowest BCUT2D eigenvalue weighted by atomic mass is 9.85. The van der Waals surface area contributed by atoms with E-state index in [1.807, 2.05) is 35.2 Å². The van der Waals surface area contributed by atoms with Crippen LogP contribution in [-0.2, 0) is 9.59 Å². The van der Waals surface area contributed by atoms with E-state index in [9.17, 15) is 19.5 Å². The summed E-state index contributed by atoms with van der Waals surface area (Å²) in [5, 5.41) is 19.7. The number of nitrogens with zero attached hydrogens (tertiary/aromatic N) is 4. The lowest BCUT2D eigenvalue weighted by Crippen LogP contribution is -2.57. The van der Waals surface area contributed by atoms with Gasteiger partial charge in [-0.25, -0.2) is 4.98 Å². The number of nitrogens with one attached hydrogen (secondary N) is 2. The maximum atomic E-state index is 13.8. The van der Waals surface area contributed by atoms with Gasteiger partial charge in [-0.1, -0.05) is 18.2 Å². The van der Waals surface area contributed by atoms with Gasteiger partial charge >= 0.3 is 0 Å². The van der Waals surface area contributed by atoms with Gasteiger partial charge in [0, 0.05) is 36.8 Å². The molecule has 0 atom stereocenters. The van der Waals surface area contributed by atoms with Crippen LogP contribution in [0.5, 0.6) is 0 Å². The van der Waals surface area contributed by atoms with Gasteiger partial charge in [0.1, 0.15) is 17.9 Å². The van der Waals surface area contributed by atoms with Crippen molar-refractivity contribution in [2.24, 2.45) is 0 Å². The molecular weight excluding hydrogens is 474 g/mol. The van der Waals surface area contributed by atoms with E-state index in [4.69, 9.17) is 11.1 Å². The second-order valence-corrected chi connectivity index (χ2v) is 10.2.